The average Bonchev–Trinajstić information content (AvgIpc) is 2.79. The molecule has 1 aromatic rings. The van der Waals surface area contributed by atoms with Crippen LogP contribution in [0.3, 0.4) is 0 Å². The molecular weight excluding hydrogens is 259 g/mol. The summed E-state index contributed by atoms with van der Waals surface area (Å²) in [6.45, 7) is 0.394. The predicted octanol–water partition coefficient (Wildman–Crippen LogP) is 2.87. The van der Waals surface area contributed by atoms with Gasteiger partial charge in [0.15, 0.2) is 0 Å². The summed E-state index contributed by atoms with van der Waals surface area (Å²) in [5, 5.41) is 14.4. The zero-order valence-electron chi connectivity index (χ0n) is 11.1. The molecule has 1 N–H and O–H groups in total. The second kappa shape index (κ2) is 4.25. The summed E-state index contributed by atoms with van der Waals surface area (Å²) in [6.07, 6.45) is 4.09. The number of hydrogen-bond acceptors (Lipinski definition) is 3. The Hall–Kier alpha value is -1.49. The highest BCUT2D eigenvalue weighted by molar-refractivity contribution is 5.40. The molecule has 4 atom stereocenters. The topological polar surface area (TPSA) is 55.2 Å². The Labute approximate surface area is 116 Å². The zero-order valence-corrected chi connectivity index (χ0v) is 11.1. The second-order valence-corrected chi connectivity index (χ2v) is 6.42. The van der Waals surface area contributed by atoms with Gasteiger partial charge in [-0.15, -0.1) is 0 Å². The van der Waals surface area contributed by atoms with Crippen molar-refractivity contribution in [3.63, 3.8) is 0 Å². The van der Waals surface area contributed by atoms with E-state index >= 15 is 0 Å². The number of nitrogens with zero attached hydrogens (tertiary/aromatic N) is 1. The van der Waals surface area contributed by atoms with E-state index in [1.807, 2.05) is 0 Å². The van der Waals surface area contributed by atoms with Gasteiger partial charge in [0.2, 0.25) is 0 Å². The van der Waals surface area contributed by atoms with Crippen molar-refractivity contribution in [2.75, 3.05) is 0 Å². The van der Waals surface area contributed by atoms with Crippen LogP contribution in [0.2, 0.25) is 0 Å². The average molecular weight is 276 g/mol. The molecule has 0 saturated heterocycles. The number of fused-ring (bicyclic) bond motifs is 5. The third kappa shape index (κ3) is 1.76. The number of nitro groups is 1. The van der Waals surface area contributed by atoms with E-state index in [2.05, 4.69) is 5.32 Å². The van der Waals surface area contributed by atoms with E-state index in [-0.39, 0.29) is 5.69 Å². The van der Waals surface area contributed by atoms with E-state index in [9.17, 15) is 14.5 Å². The van der Waals surface area contributed by atoms with E-state index in [1.165, 1.54) is 31.4 Å². The van der Waals surface area contributed by atoms with Gasteiger partial charge in [-0.1, -0.05) is 0 Å². The molecule has 0 spiro atoms. The van der Waals surface area contributed by atoms with Crippen molar-refractivity contribution in [3.05, 3.63) is 39.7 Å². The summed E-state index contributed by atoms with van der Waals surface area (Å²) in [5.41, 5.74) is 0.458. The van der Waals surface area contributed by atoms with Crippen LogP contribution in [0, 0.1) is 39.6 Å². The lowest BCUT2D eigenvalue weighted by atomic mass is 10.0. The van der Waals surface area contributed by atoms with Gasteiger partial charge in [0.1, 0.15) is 5.82 Å². The summed E-state index contributed by atoms with van der Waals surface area (Å²) < 4.78 is 13.3. The first-order valence-electron chi connectivity index (χ1n) is 7.31. The van der Waals surface area contributed by atoms with Crippen LogP contribution in [0.15, 0.2) is 18.2 Å². The van der Waals surface area contributed by atoms with E-state index in [0.717, 1.165) is 29.7 Å². The first-order chi connectivity index (χ1) is 9.65. The number of nitro benzene ring substituents is 1. The fraction of sp³-hybridized carbons (Fsp3) is 0.600. The zero-order chi connectivity index (χ0) is 13.9. The van der Waals surface area contributed by atoms with Crippen molar-refractivity contribution in [1.82, 2.24) is 5.32 Å². The van der Waals surface area contributed by atoms with Gasteiger partial charge in [0, 0.05) is 24.2 Å². The second-order valence-electron chi connectivity index (χ2n) is 6.42. The first kappa shape index (κ1) is 12.3. The minimum atomic E-state index is -0.437. The van der Waals surface area contributed by atoms with Crippen LogP contribution in [-0.2, 0) is 6.54 Å². The summed E-state index contributed by atoms with van der Waals surface area (Å²) in [4.78, 5) is 10.5. The van der Waals surface area contributed by atoms with Gasteiger partial charge in [-0.05, 0) is 55.1 Å². The van der Waals surface area contributed by atoms with E-state index in [4.69, 9.17) is 0 Å². The van der Waals surface area contributed by atoms with Crippen LogP contribution in [0.4, 0.5) is 10.1 Å². The number of nitrogens with one attached hydrogen (secondary N) is 1. The van der Waals surface area contributed by atoms with Gasteiger partial charge < -0.3 is 5.32 Å². The molecule has 4 rings (SSSR count). The molecule has 0 aliphatic heterocycles. The molecular formula is C15H17FN2O2. The lowest BCUT2D eigenvalue weighted by molar-refractivity contribution is -0.385. The van der Waals surface area contributed by atoms with Gasteiger partial charge in [-0.2, -0.15) is 0 Å². The van der Waals surface area contributed by atoms with E-state index in [0.29, 0.717) is 18.2 Å². The van der Waals surface area contributed by atoms with Crippen molar-refractivity contribution >= 4 is 5.69 Å². The molecule has 3 aliphatic carbocycles. The third-order valence-electron chi connectivity index (χ3n) is 5.50. The number of benzene rings is 1. The van der Waals surface area contributed by atoms with Gasteiger partial charge in [-0.25, -0.2) is 4.39 Å². The number of hydrogen-bond donors (Lipinski definition) is 1. The highest BCUT2D eigenvalue weighted by atomic mass is 19.1. The molecule has 5 heteroatoms. The smallest absolute Gasteiger partial charge is 0.274 e. The van der Waals surface area contributed by atoms with Crippen molar-refractivity contribution in [1.29, 1.82) is 0 Å². The van der Waals surface area contributed by atoms with Crippen molar-refractivity contribution in [2.24, 2.45) is 23.7 Å². The molecule has 0 amide bonds. The minimum absolute atomic E-state index is 0.00711. The van der Waals surface area contributed by atoms with Crippen LogP contribution < -0.4 is 5.32 Å². The molecule has 3 aliphatic rings. The maximum Gasteiger partial charge on any atom is 0.274 e. The fourth-order valence-electron chi connectivity index (χ4n) is 4.70. The van der Waals surface area contributed by atoms with Crippen LogP contribution in [0.25, 0.3) is 0 Å². The van der Waals surface area contributed by atoms with Crippen LogP contribution in [-0.4, -0.2) is 11.0 Å². The standard InChI is InChI=1S/C15H17FN2O2/c16-11-3-4-12(18(19)20)10(6-11)7-17-15-13-8-1-2-9(5-8)14(13)15/h3-4,6,8-9,13-15,17H,1-2,5,7H2. The van der Waals surface area contributed by atoms with Gasteiger partial charge in [0.25, 0.3) is 5.69 Å². The lowest BCUT2D eigenvalue weighted by Crippen LogP contribution is -2.23. The maximum absolute atomic E-state index is 13.3. The molecule has 0 heterocycles. The normalized spacial score (nSPS) is 37.0. The monoisotopic (exact) mass is 276 g/mol. The van der Waals surface area contributed by atoms with Crippen LogP contribution >= 0.6 is 0 Å². The molecule has 0 radical (unpaired) electrons. The Kier molecular flexibility index (Phi) is 2.61. The van der Waals surface area contributed by atoms with Crippen molar-refractivity contribution < 1.29 is 9.31 Å². The van der Waals surface area contributed by atoms with Crippen LogP contribution in [0.1, 0.15) is 24.8 Å². The number of halogens is 1. The Bertz CT molecular complexity index is 561. The highest BCUT2D eigenvalue weighted by Crippen LogP contribution is 2.65. The van der Waals surface area contributed by atoms with Crippen molar-refractivity contribution in [2.45, 2.75) is 31.8 Å². The maximum atomic E-state index is 13.3. The van der Waals surface area contributed by atoms with Gasteiger partial charge in [-0.3, -0.25) is 10.1 Å². The van der Waals surface area contributed by atoms with E-state index < -0.39 is 10.7 Å². The fourth-order valence-corrected chi connectivity index (χ4v) is 4.70. The number of rotatable bonds is 4. The van der Waals surface area contributed by atoms with Gasteiger partial charge in [0.05, 0.1) is 4.92 Å². The predicted molar refractivity (Wildman–Crippen MR) is 71.5 cm³/mol. The largest absolute Gasteiger partial charge is 0.309 e. The summed E-state index contributed by atoms with van der Waals surface area (Å²) in [6, 6.07) is 4.18. The third-order valence-corrected chi connectivity index (χ3v) is 5.50. The molecule has 1 aromatic carbocycles. The summed E-state index contributed by atoms with van der Waals surface area (Å²) in [5.74, 6) is 2.88. The molecule has 2 bridgehead atoms. The van der Waals surface area contributed by atoms with Crippen molar-refractivity contribution in [3.8, 4) is 0 Å². The Morgan fingerprint density at radius 2 is 2.00 bits per heavy atom. The molecule has 3 saturated carbocycles. The minimum Gasteiger partial charge on any atom is -0.309 e. The SMILES string of the molecule is O=[N+]([O-])c1ccc(F)cc1CNC1C2C3CCC(C3)C12. The Balaban J connectivity index is 1.46. The Morgan fingerprint density at radius 1 is 1.30 bits per heavy atom. The first-order valence-corrected chi connectivity index (χ1v) is 7.31. The highest BCUT2D eigenvalue weighted by Gasteiger charge is 2.64. The van der Waals surface area contributed by atoms with Gasteiger partial charge >= 0.3 is 0 Å². The molecule has 3 fully saturated rings. The van der Waals surface area contributed by atoms with Crippen LogP contribution in [0.5, 0.6) is 0 Å². The molecule has 20 heavy (non-hydrogen) atoms. The summed E-state index contributed by atoms with van der Waals surface area (Å²) >= 11 is 0. The quantitative estimate of drug-likeness (QED) is 0.679. The van der Waals surface area contributed by atoms with E-state index in [1.54, 1.807) is 0 Å². The molecule has 4 unspecified atom stereocenters. The summed E-state index contributed by atoms with van der Waals surface area (Å²) in [7, 11) is 0. The molecule has 106 valence electrons. The Morgan fingerprint density at radius 3 is 2.65 bits per heavy atom. The lowest BCUT2D eigenvalue weighted by Gasteiger charge is -2.10. The molecule has 4 nitrogen and oxygen atoms in total. The molecule has 0 aromatic heterocycles.